The lowest BCUT2D eigenvalue weighted by Crippen LogP contribution is -2.37. The van der Waals surface area contributed by atoms with Crippen LogP contribution in [0.4, 0.5) is 13.2 Å². The van der Waals surface area contributed by atoms with Gasteiger partial charge in [0.15, 0.2) is 0 Å². The summed E-state index contributed by atoms with van der Waals surface area (Å²) in [6.07, 6.45) is -0.0168. The molecule has 0 heterocycles. The van der Waals surface area contributed by atoms with Crippen LogP contribution in [0.25, 0.3) is 0 Å². The molecule has 1 fully saturated rings. The molecule has 0 spiro atoms. The molecule has 1 aliphatic carbocycles. The van der Waals surface area contributed by atoms with E-state index in [2.05, 4.69) is 5.32 Å². The van der Waals surface area contributed by atoms with Gasteiger partial charge in [-0.25, -0.2) is 0 Å². The van der Waals surface area contributed by atoms with Gasteiger partial charge in [-0.3, -0.25) is 0 Å². The fraction of sp³-hybridized carbons (Fsp3) is 1.00. The van der Waals surface area contributed by atoms with E-state index < -0.39 is 12.8 Å². The molecule has 1 unspecified atom stereocenters. The van der Waals surface area contributed by atoms with E-state index in [0.29, 0.717) is 6.04 Å². The Morgan fingerprint density at radius 1 is 1.24 bits per heavy atom. The Morgan fingerprint density at radius 3 is 2.35 bits per heavy atom. The summed E-state index contributed by atoms with van der Waals surface area (Å²) < 4.78 is 40.8. The van der Waals surface area contributed by atoms with Crippen LogP contribution < -0.4 is 5.32 Å². The third-order valence-corrected chi connectivity index (χ3v) is 2.96. The fourth-order valence-electron chi connectivity index (χ4n) is 1.91. The van der Waals surface area contributed by atoms with Gasteiger partial charge in [-0.05, 0) is 19.3 Å². The van der Waals surface area contributed by atoms with E-state index in [1.54, 1.807) is 0 Å². The molecule has 1 atom stereocenters. The van der Waals surface area contributed by atoms with Crippen LogP contribution in [0.1, 0.15) is 39.5 Å². The molecule has 0 aromatic carbocycles. The van der Waals surface area contributed by atoms with Gasteiger partial charge in [-0.1, -0.05) is 20.3 Å². The highest BCUT2D eigenvalue weighted by molar-refractivity contribution is 4.85. The summed E-state index contributed by atoms with van der Waals surface area (Å²) in [4.78, 5) is 0. The Labute approximate surface area is 101 Å². The number of ether oxygens (including phenoxy) is 1. The van der Waals surface area contributed by atoms with E-state index in [1.165, 1.54) is 12.8 Å². The minimum absolute atomic E-state index is 0.167. The van der Waals surface area contributed by atoms with Gasteiger partial charge in [0.25, 0.3) is 0 Å². The Hall–Kier alpha value is -0.290. The van der Waals surface area contributed by atoms with E-state index in [0.717, 1.165) is 19.4 Å². The highest BCUT2D eigenvalue weighted by atomic mass is 19.4. The van der Waals surface area contributed by atoms with Crippen molar-refractivity contribution in [3.63, 3.8) is 0 Å². The molecular weight excluding hydrogens is 231 g/mol. The number of hydrogen-bond donors (Lipinski definition) is 1. The largest absolute Gasteiger partial charge is 0.411 e. The SMILES string of the molecule is CCCC(C)(CNC1CC1)COCC(F)(F)F. The molecule has 17 heavy (non-hydrogen) atoms. The molecule has 0 aromatic rings. The molecule has 0 aromatic heterocycles. The van der Waals surface area contributed by atoms with Crippen molar-refractivity contribution in [2.45, 2.75) is 51.7 Å². The van der Waals surface area contributed by atoms with Gasteiger partial charge in [0.2, 0.25) is 0 Å². The Morgan fingerprint density at radius 2 is 1.88 bits per heavy atom. The van der Waals surface area contributed by atoms with Gasteiger partial charge in [-0.2, -0.15) is 13.2 Å². The lowest BCUT2D eigenvalue weighted by molar-refractivity contribution is -0.180. The first-order valence-corrected chi connectivity index (χ1v) is 6.22. The van der Waals surface area contributed by atoms with Crippen molar-refractivity contribution in [2.75, 3.05) is 19.8 Å². The van der Waals surface area contributed by atoms with Crippen molar-refractivity contribution < 1.29 is 17.9 Å². The minimum Gasteiger partial charge on any atom is -0.371 e. The average molecular weight is 253 g/mol. The smallest absolute Gasteiger partial charge is 0.371 e. The highest BCUT2D eigenvalue weighted by Crippen LogP contribution is 2.27. The summed E-state index contributed by atoms with van der Waals surface area (Å²) in [5, 5.41) is 3.37. The second-order valence-electron chi connectivity index (χ2n) is 5.32. The van der Waals surface area contributed by atoms with Crippen LogP contribution in [-0.2, 0) is 4.74 Å². The Bertz CT molecular complexity index is 228. The third kappa shape index (κ3) is 6.88. The summed E-state index contributed by atoms with van der Waals surface area (Å²) in [5.41, 5.74) is -0.192. The van der Waals surface area contributed by atoms with E-state index in [1.807, 2.05) is 13.8 Å². The molecular formula is C12H22F3NO. The zero-order chi connectivity index (χ0) is 12.9. The van der Waals surface area contributed by atoms with Crippen molar-refractivity contribution in [3.05, 3.63) is 0 Å². The standard InChI is InChI=1S/C12H22F3NO/c1-3-6-11(2,7-16-10-4-5-10)8-17-9-12(13,14)15/h10,16H,3-9H2,1-2H3. The summed E-state index contributed by atoms with van der Waals surface area (Å²) >= 11 is 0. The maximum Gasteiger partial charge on any atom is 0.411 e. The molecule has 0 saturated heterocycles. The van der Waals surface area contributed by atoms with Crippen molar-refractivity contribution in [2.24, 2.45) is 5.41 Å². The van der Waals surface area contributed by atoms with Crippen LogP contribution in [0.5, 0.6) is 0 Å². The molecule has 0 bridgehead atoms. The maximum absolute atomic E-state index is 12.0. The number of nitrogens with one attached hydrogen (secondary N) is 1. The average Bonchev–Trinajstić information content (AvgIpc) is 2.96. The normalized spacial score (nSPS) is 20.3. The van der Waals surface area contributed by atoms with Crippen LogP contribution in [-0.4, -0.2) is 32.0 Å². The molecule has 0 amide bonds. The topological polar surface area (TPSA) is 21.3 Å². The Kier molecular flexibility index (Phi) is 5.25. The number of halogens is 3. The van der Waals surface area contributed by atoms with Crippen LogP contribution in [0.3, 0.4) is 0 Å². The molecule has 5 heteroatoms. The maximum atomic E-state index is 12.0. The lowest BCUT2D eigenvalue weighted by Gasteiger charge is -2.29. The number of alkyl halides is 3. The molecule has 2 nitrogen and oxygen atoms in total. The van der Waals surface area contributed by atoms with E-state index >= 15 is 0 Å². The van der Waals surface area contributed by atoms with Gasteiger partial charge in [0, 0.05) is 18.0 Å². The number of hydrogen-bond acceptors (Lipinski definition) is 2. The van der Waals surface area contributed by atoms with Crippen LogP contribution >= 0.6 is 0 Å². The van der Waals surface area contributed by atoms with Crippen molar-refractivity contribution in [1.82, 2.24) is 5.32 Å². The predicted molar refractivity (Wildman–Crippen MR) is 60.9 cm³/mol. The first-order valence-electron chi connectivity index (χ1n) is 6.22. The second kappa shape index (κ2) is 6.05. The monoisotopic (exact) mass is 253 g/mol. The molecule has 1 rings (SSSR count). The van der Waals surface area contributed by atoms with E-state index in [4.69, 9.17) is 4.74 Å². The molecule has 1 N–H and O–H groups in total. The van der Waals surface area contributed by atoms with Gasteiger partial charge < -0.3 is 10.1 Å². The summed E-state index contributed by atoms with van der Waals surface area (Å²) in [6.45, 7) is 3.79. The Balaban J connectivity index is 2.28. The van der Waals surface area contributed by atoms with Crippen LogP contribution in [0.15, 0.2) is 0 Å². The van der Waals surface area contributed by atoms with Gasteiger partial charge >= 0.3 is 6.18 Å². The van der Waals surface area contributed by atoms with Gasteiger partial charge in [0.05, 0.1) is 6.61 Å². The summed E-state index contributed by atoms with van der Waals surface area (Å²) in [7, 11) is 0. The van der Waals surface area contributed by atoms with Gasteiger partial charge in [0.1, 0.15) is 6.61 Å². The third-order valence-electron chi connectivity index (χ3n) is 2.96. The van der Waals surface area contributed by atoms with Gasteiger partial charge in [-0.15, -0.1) is 0 Å². The van der Waals surface area contributed by atoms with Crippen molar-refractivity contribution in [3.8, 4) is 0 Å². The molecule has 0 aliphatic heterocycles. The van der Waals surface area contributed by atoms with Crippen molar-refractivity contribution in [1.29, 1.82) is 0 Å². The quantitative estimate of drug-likeness (QED) is 0.717. The summed E-state index contributed by atoms with van der Waals surface area (Å²) in [6, 6.07) is 0.578. The lowest BCUT2D eigenvalue weighted by atomic mass is 9.86. The molecule has 1 aliphatic rings. The number of rotatable bonds is 8. The summed E-state index contributed by atoms with van der Waals surface area (Å²) in [5.74, 6) is 0. The zero-order valence-corrected chi connectivity index (χ0v) is 10.6. The second-order valence-corrected chi connectivity index (χ2v) is 5.32. The zero-order valence-electron chi connectivity index (χ0n) is 10.6. The van der Waals surface area contributed by atoms with Crippen LogP contribution in [0, 0.1) is 5.41 Å². The van der Waals surface area contributed by atoms with Crippen LogP contribution in [0.2, 0.25) is 0 Å². The predicted octanol–water partition coefficient (Wildman–Crippen LogP) is 3.12. The van der Waals surface area contributed by atoms with Crippen molar-refractivity contribution >= 4 is 0 Å². The highest BCUT2D eigenvalue weighted by Gasteiger charge is 2.32. The molecule has 0 radical (unpaired) electrons. The first kappa shape index (κ1) is 14.8. The fourth-order valence-corrected chi connectivity index (χ4v) is 1.91. The molecule has 102 valence electrons. The molecule has 1 saturated carbocycles. The minimum atomic E-state index is -4.23. The van der Waals surface area contributed by atoms with E-state index in [9.17, 15) is 13.2 Å². The van der Waals surface area contributed by atoms with E-state index in [-0.39, 0.29) is 12.0 Å². The first-order chi connectivity index (χ1) is 7.85.